The second-order valence-electron chi connectivity index (χ2n) is 21.3. The number of carbonyl (C=O) groups excluding carboxylic acids is 3. The number of amides is 1. The number of esters is 1. The molecule has 7 aliphatic rings. The molecule has 10 atom stereocenters. The SMILES string of the molecule is CC(=O)O[C@H]1CC[C@]2(C)[C@H]3CC[C@@H]4C5=C(C(C)C)C(=O)C[C@]5(C(=O)N5CCC[C@H]5CN5CCC[C@H]5COCc5ccccc5)CC[C@@]4(C)[C@]3(C)CC[C@H]2C1(C)C. The Morgan fingerprint density at radius 2 is 1.55 bits per heavy atom. The maximum Gasteiger partial charge on any atom is 0.302 e. The maximum absolute atomic E-state index is 15.5. The van der Waals surface area contributed by atoms with Gasteiger partial charge in [-0.2, -0.15) is 0 Å². The van der Waals surface area contributed by atoms with Gasteiger partial charge in [-0.3, -0.25) is 19.3 Å². The average Bonchev–Trinajstić information content (AvgIpc) is 3.87. The van der Waals surface area contributed by atoms with Crippen molar-refractivity contribution in [2.24, 2.45) is 50.7 Å². The van der Waals surface area contributed by atoms with Crippen molar-refractivity contribution >= 4 is 17.7 Å². The first-order valence-corrected chi connectivity index (χ1v) is 22.7. The average molecular weight is 769 g/mol. The summed E-state index contributed by atoms with van der Waals surface area (Å²) in [7, 11) is 0. The van der Waals surface area contributed by atoms with E-state index in [1.165, 1.54) is 17.6 Å². The van der Waals surface area contributed by atoms with Crippen molar-refractivity contribution in [2.45, 2.75) is 164 Å². The number of hydrogen-bond acceptors (Lipinski definition) is 6. The van der Waals surface area contributed by atoms with E-state index in [2.05, 4.69) is 82.5 Å². The maximum atomic E-state index is 15.5. The zero-order valence-corrected chi connectivity index (χ0v) is 36.1. The predicted octanol–water partition coefficient (Wildman–Crippen LogP) is 9.57. The summed E-state index contributed by atoms with van der Waals surface area (Å²) in [5.74, 6) is 1.77. The molecule has 308 valence electrons. The molecule has 8 rings (SSSR count). The first-order valence-electron chi connectivity index (χ1n) is 22.7. The molecule has 4 saturated carbocycles. The molecule has 1 aromatic carbocycles. The van der Waals surface area contributed by atoms with Crippen LogP contribution in [0.25, 0.3) is 0 Å². The number of rotatable bonds is 9. The Bertz CT molecular complexity index is 1720. The van der Waals surface area contributed by atoms with Gasteiger partial charge in [-0.05, 0) is 140 Å². The number of fused-ring (bicyclic) bond motifs is 7. The van der Waals surface area contributed by atoms with E-state index < -0.39 is 5.41 Å². The van der Waals surface area contributed by atoms with Crippen molar-refractivity contribution in [3.63, 3.8) is 0 Å². The third-order valence-electron chi connectivity index (χ3n) is 18.1. The van der Waals surface area contributed by atoms with Crippen LogP contribution in [0.4, 0.5) is 0 Å². The third kappa shape index (κ3) is 6.20. The van der Waals surface area contributed by atoms with Gasteiger partial charge in [0.1, 0.15) is 6.10 Å². The van der Waals surface area contributed by atoms with Crippen LogP contribution in [0.15, 0.2) is 41.5 Å². The van der Waals surface area contributed by atoms with Crippen LogP contribution >= 0.6 is 0 Å². The number of ether oxygens (including phenoxy) is 2. The van der Waals surface area contributed by atoms with E-state index in [9.17, 15) is 9.59 Å². The van der Waals surface area contributed by atoms with Crippen molar-refractivity contribution < 1.29 is 23.9 Å². The number of ketones is 1. The second kappa shape index (κ2) is 14.6. The van der Waals surface area contributed by atoms with Crippen molar-refractivity contribution in [1.29, 1.82) is 0 Å². The molecule has 7 nitrogen and oxygen atoms in total. The van der Waals surface area contributed by atoms with Crippen LogP contribution in [0.2, 0.25) is 0 Å². The third-order valence-corrected chi connectivity index (χ3v) is 18.1. The molecule has 1 amide bonds. The lowest BCUT2D eigenvalue weighted by molar-refractivity contribution is -0.232. The summed E-state index contributed by atoms with van der Waals surface area (Å²) in [5, 5.41) is 0. The summed E-state index contributed by atoms with van der Waals surface area (Å²) in [6.45, 7) is 22.6. The summed E-state index contributed by atoms with van der Waals surface area (Å²) in [6, 6.07) is 11.0. The molecule has 0 N–H and O–H groups in total. The topological polar surface area (TPSA) is 76.2 Å². The Balaban J connectivity index is 1.04. The number of Topliss-reactive ketones (excluding diaryl/α,β-unsaturated/α-hetero) is 1. The molecular weight excluding hydrogens is 697 g/mol. The number of allylic oxidation sites excluding steroid dienone is 1. The van der Waals surface area contributed by atoms with E-state index >= 15 is 4.79 Å². The van der Waals surface area contributed by atoms with Gasteiger partial charge in [0.05, 0.1) is 18.6 Å². The zero-order chi connectivity index (χ0) is 39.8. The van der Waals surface area contributed by atoms with Crippen LogP contribution < -0.4 is 0 Å². The van der Waals surface area contributed by atoms with E-state index in [0.717, 1.165) is 102 Å². The van der Waals surface area contributed by atoms with E-state index in [0.29, 0.717) is 30.9 Å². The lowest BCUT2D eigenvalue weighted by Gasteiger charge is -2.72. The predicted molar refractivity (Wildman–Crippen MR) is 220 cm³/mol. The fraction of sp³-hybridized carbons (Fsp3) is 0.776. The van der Waals surface area contributed by atoms with Gasteiger partial charge < -0.3 is 14.4 Å². The van der Waals surface area contributed by atoms with Gasteiger partial charge in [-0.1, -0.05) is 78.8 Å². The number of hydrogen-bond donors (Lipinski definition) is 0. The Morgan fingerprint density at radius 3 is 2.29 bits per heavy atom. The van der Waals surface area contributed by atoms with Gasteiger partial charge in [0.25, 0.3) is 0 Å². The van der Waals surface area contributed by atoms with Gasteiger partial charge in [0.2, 0.25) is 5.91 Å². The molecule has 7 heteroatoms. The van der Waals surface area contributed by atoms with Crippen molar-refractivity contribution in [3.8, 4) is 0 Å². The van der Waals surface area contributed by atoms with Crippen molar-refractivity contribution in [2.75, 3.05) is 26.2 Å². The van der Waals surface area contributed by atoms with Crippen LogP contribution in [-0.2, 0) is 30.5 Å². The smallest absolute Gasteiger partial charge is 0.302 e. The normalized spacial score (nSPS) is 40.7. The van der Waals surface area contributed by atoms with Crippen LogP contribution in [0, 0.1) is 50.7 Å². The van der Waals surface area contributed by atoms with Crippen molar-refractivity contribution in [1.82, 2.24) is 9.80 Å². The molecule has 6 fully saturated rings. The second-order valence-corrected chi connectivity index (χ2v) is 21.3. The number of benzene rings is 1. The molecule has 5 aliphatic carbocycles. The zero-order valence-electron chi connectivity index (χ0n) is 36.1. The minimum Gasteiger partial charge on any atom is -0.462 e. The van der Waals surface area contributed by atoms with Crippen molar-refractivity contribution in [3.05, 3.63) is 47.0 Å². The van der Waals surface area contributed by atoms with Crippen LogP contribution in [0.1, 0.15) is 144 Å². The largest absolute Gasteiger partial charge is 0.462 e. The summed E-state index contributed by atoms with van der Waals surface area (Å²) in [5.41, 5.74) is 3.00. The van der Waals surface area contributed by atoms with Crippen LogP contribution in [0.5, 0.6) is 0 Å². The molecule has 0 bridgehead atoms. The Hall–Kier alpha value is -2.51. The fourth-order valence-electron chi connectivity index (χ4n) is 15.3. The lowest BCUT2D eigenvalue weighted by Crippen LogP contribution is -2.66. The first-order chi connectivity index (χ1) is 26.6. The molecule has 0 radical (unpaired) electrons. The molecule has 56 heavy (non-hydrogen) atoms. The highest BCUT2D eigenvalue weighted by Crippen LogP contribution is 2.77. The Morgan fingerprint density at radius 1 is 0.821 bits per heavy atom. The Labute approximate surface area is 338 Å². The summed E-state index contributed by atoms with van der Waals surface area (Å²) < 4.78 is 12.2. The fourth-order valence-corrected chi connectivity index (χ4v) is 15.3. The minimum atomic E-state index is -0.693. The highest BCUT2D eigenvalue weighted by atomic mass is 16.5. The molecular formula is C49H72N2O5. The van der Waals surface area contributed by atoms with Gasteiger partial charge in [-0.15, -0.1) is 0 Å². The minimum absolute atomic E-state index is 0.0115. The number of carbonyl (C=O) groups is 3. The molecule has 0 spiro atoms. The van der Waals surface area contributed by atoms with E-state index in [-0.39, 0.29) is 63.3 Å². The molecule has 1 aromatic rings. The molecule has 0 unspecified atom stereocenters. The van der Waals surface area contributed by atoms with Gasteiger partial charge in [-0.25, -0.2) is 0 Å². The van der Waals surface area contributed by atoms with Gasteiger partial charge in [0.15, 0.2) is 5.78 Å². The molecule has 2 heterocycles. The van der Waals surface area contributed by atoms with Gasteiger partial charge in [0, 0.05) is 43.9 Å². The summed E-state index contributed by atoms with van der Waals surface area (Å²) >= 11 is 0. The standard InChI is InChI=1S/C49H72N2O5/c1-32(2)42-38(53)28-49(44(54)51-27-13-16-35(51)29-50-26-12-17-36(50)31-55-30-34-14-10-9-11-15-34)25-24-47(7)37(43(42)49)18-19-40-46(6)22-21-41(56-33(3)52)45(4,5)39(46)20-23-48(40,47)8/h9-11,14-15,32,35-37,39-41H,12-13,16-31H2,1-8H3/t35-,36-,37+,39-,40+,41-,46-,47+,48+,49+/m0/s1. The monoisotopic (exact) mass is 769 g/mol. The van der Waals surface area contributed by atoms with E-state index in [4.69, 9.17) is 9.47 Å². The highest BCUT2D eigenvalue weighted by Gasteiger charge is 2.71. The van der Waals surface area contributed by atoms with E-state index in [1.54, 1.807) is 6.92 Å². The first kappa shape index (κ1) is 40.3. The highest BCUT2D eigenvalue weighted by molar-refractivity contribution is 6.07. The Kier molecular flexibility index (Phi) is 10.5. The van der Waals surface area contributed by atoms with E-state index in [1.807, 2.05) is 6.07 Å². The van der Waals surface area contributed by atoms with Crippen LogP contribution in [0.3, 0.4) is 0 Å². The molecule has 2 aliphatic heterocycles. The van der Waals surface area contributed by atoms with Gasteiger partial charge >= 0.3 is 5.97 Å². The molecule has 0 aromatic heterocycles. The number of nitrogens with zero attached hydrogens (tertiary/aromatic N) is 2. The quantitative estimate of drug-likeness (QED) is 0.233. The number of likely N-dealkylation sites (tertiary alicyclic amines) is 2. The lowest BCUT2D eigenvalue weighted by atomic mass is 9.33. The summed E-state index contributed by atoms with van der Waals surface area (Å²) in [6.07, 6.45) is 13.0. The van der Waals surface area contributed by atoms with Crippen LogP contribution in [-0.4, -0.2) is 71.9 Å². The summed E-state index contributed by atoms with van der Waals surface area (Å²) in [4.78, 5) is 47.0. The molecule has 2 saturated heterocycles.